The predicted octanol–water partition coefficient (Wildman–Crippen LogP) is 1.01. The second-order valence-electron chi connectivity index (χ2n) is 4.09. The summed E-state index contributed by atoms with van der Waals surface area (Å²) in [6.07, 6.45) is 3.86. The average Bonchev–Trinajstić information content (AvgIpc) is 2.81. The number of aromatic nitrogens is 1. The average molecular weight is 256 g/mol. The van der Waals surface area contributed by atoms with Gasteiger partial charge in [0.15, 0.2) is 5.96 Å². The van der Waals surface area contributed by atoms with Crippen LogP contribution in [0.15, 0.2) is 52.7 Å². The highest BCUT2D eigenvalue weighted by Gasteiger charge is 2.04. The van der Waals surface area contributed by atoms with E-state index in [-0.39, 0.29) is 11.9 Å². The summed E-state index contributed by atoms with van der Waals surface area (Å²) in [7, 11) is 0. The fraction of sp³-hybridized carbons (Fsp3) is 0.0769. The van der Waals surface area contributed by atoms with E-state index < -0.39 is 0 Å². The number of aliphatic imine (C=N–C) groups is 2. The highest BCUT2D eigenvalue weighted by molar-refractivity contribution is 5.94. The molecule has 0 bridgehead atoms. The Balaban J connectivity index is 2.50. The van der Waals surface area contributed by atoms with Gasteiger partial charge in [-0.05, 0) is 36.8 Å². The van der Waals surface area contributed by atoms with Crippen molar-refractivity contribution in [2.75, 3.05) is 0 Å². The molecule has 98 valence electrons. The number of guanidine groups is 2. The molecule has 19 heavy (non-hydrogen) atoms. The van der Waals surface area contributed by atoms with Gasteiger partial charge in [-0.15, -0.1) is 0 Å². The zero-order chi connectivity index (χ0) is 13.8. The van der Waals surface area contributed by atoms with Crippen molar-refractivity contribution in [3.05, 3.63) is 48.3 Å². The van der Waals surface area contributed by atoms with Crippen molar-refractivity contribution in [1.29, 1.82) is 0 Å². The SMILES string of the molecule is Cc1ccc(-n2cccc2)c(N=C(N)N=C(N)N)c1. The summed E-state index contributed by atoms with van der Waals surface area (Å²) >= 11 is 0. The summed E-state index contributed by atoms with van der Waals surface area (Å²) in [4.78, 5) is 7.96. The minimum Gasteiger partial charge on any atom is -0.370 e. The third kappa shape index (κ3) is 3.12. The van der Waals surface area contributed by atoms with Crippen LogP contribution in [0.5, 0.6) is 0 Å². The third-order valence-electron chi connectivity index (χ3n) is 2.49. The van der Waals surface area contributed by atoms with Crippen molar-refractivity contribution in [3.63, 3.8) is 0 Å². The molecule has 2 rings (SSSR count). The monoisotopic (exact) mass is 256 g/mol. The predicted molar refractivity (Wildman–Crippen MR) is 77.6 cm³/mol. The van der Waals surface area contributed by atoms with Gasteiger partial charge in [-0.1, -0.05) is 6.07 Å². The van der Waals surface area contributed by atoms with E-state index in [4.69, 9.17) is 17.2 Å². The Bertz CT molecular complexity index is 621. The van der Waals surface area contributed by atoms with Gasteiger partial charge in [0.25, 0.3) is 0 Å². The van der Waals surface area contributed by atoms with Gasteiger partial charge in [0.1, 0.15) is 0 Å². The van der Waals surface area contributed by atoms with Gasteiger partial charge in [-0.25, -0.2) is 4.99 Å². The molecule has 6 N–H and O–H groups in total. The van der Waals surface area contributed by atoms with Crippen molar-refractivity contribution in [1.82, 2.24) is 4.57 Å². The number of nitrogens with two attached hydrogens (primary N) is 3. The minimum absolute atomic E-state index is 0.0269. The second-order valence-corrected chi connectivity index (χ2v) is 4.09. The van der Waals surface area contributed by atoms with E-state index >= 15 is 0 Å². The number of hydrogen-bond donors (Lipinski definition) is 3. The molecule has 1 aromatic carbocycles. The molecule has 0 spiro atoms. The standard InChI is InChI=1S/C13H16N6/c1-9-4-5-11(19-6-2-3-7-19)10(8-9)17-13(16)18-12(14)15/h2-8H,1H3,(H6,14,15,16,17,18). The Kier molecular flexibility index (Phi) is 3.51. The topological polar surface area (TPSA) is 108 Å². The molecule has 6 heteroatoms. The quantitative estimate of drug-likeness (QED) is 0.551. The fourth-order valence-corrected chi connectivity index (χ4v) is 1.72. The van der Waals surface area contributed by atoms with Crippen molar-refractivity contribution in [3.8, 4) is 5.69 Å². The van der Waals surface area contributed by atoms with Gasteiger partial charge in [0, 0.05) is 12.4 Å². The molecule has 0 aliphatic rings. The molecule has 0 amide bonds. The summed E-state index contributed by atoms with van der Waals surface area (Å²) in [5.74, 6) is -0.0876. The number of rotatable bonds is 2. The maximum Gasteiger partial charge on any atom is 0.223 e. The van der Waals surface area contributed by atoms with Gasteiger partial charge in [0.05, 0.1) is 11.4 Å². The van der Waals surface area contributed by atoms with Crippen LogP contribution < -0.4 is 17.2 Å². The van der Waals surface area contributed by atoms with Crippen molar-refractivity contribution in [2.24, 2.45) is 27.2 Å². The van der Waals surface area contributed by atoms with Crippen LogP contribution in [0, 0.1) is 6.92 Å². The van der Waals surface area contributed by atoms with E-state index in [1.165, 1.54) is 0 Å². The van der Waals surface area contributed by atoms with Gasteiger partial charge in [0.2, 0.25) is 5.96 Å². The molecule has 0 aliphatic carbocycles. The summed E-state index contributed by atoms with van der Waals surface area (Å²) < 4.78 is 1.95. The Morgan fingerprint density at radius 1 is 1.11 bits per heavy atom. The highest BCUT2D eigenvalue weighted by Crippen LogP contribution is 2.25. The highest BCUT2D eigenvalue weighted by atomic mass is 15.1. The molecule has 0 atom stereocenters. The Morgan fingerprint density at radius 2 is 1.79 bits per heavy atom. The number of aryl methyl sites for hydroxylation is 1. The number of hydrogen-bond acceptors (Lipinski definition) is 1. The molecular formula is C13H16N6. The van der Waals surface area contributed by atoms with Gasteiger partial charge < -0.3 is 21.8 Å². The van der Waals surface area contributed by atoms with Crippen LogP contribution in [0.4, 0.5) is 5.69 Å². The largest absolute Gasteiger partial charge is 0.370 e. The summed E-state index contributed by atoms with van der Waals surface area (Å²) in [6.45, 7) is 1.98. The molecular weight excluding hydrogens is 240 g/mol. The fourth-order valence-electron chi connectivity index (χ4n) is 1.72. The van der Waals surface area contributed by atoms with E-state index in [1.54, 1.807) is 0 Å². The summed E-state index contributed by atoms with van der Waals surface area (Å²) in [5, 5.41) is 0. The lowest BCUT2D eigenvalue weighted by Gasteiger charge is -2.08. The smallest absolute Gasteiger partial charge is 0.223 e. The number of nitrogens with zero attached hydrogens (tertiary/aromatic N) is 3. The lowest BCUT2D eigenvalue weighted by Crippen LogP contribution is -2.26. The first kappa shape index (κ1) is 12.7. The Labute approximate surface area is 111 Å². The van der Waals surface area contributed by atoms with Crippen LogP contribution in [0.2, 0.25) is 0 Å². The van der Waals surface area contributed by atoms with E-state index in [1.807, 2.05) is 54.2 Å². The van der Waals surface area contributed by atoms with E-state index in [2.05, 4.69) is 9.98 Å². The molecule has 0 saturated carbocycles. The molecule has 0 radical (unpaired) electrons. The third-order valence-corrected chi connectivity index (χ3v) is 2.49. The lowest BCUT2D eigenvalue weighted by atomic mass is 10.2. The zero-order valence-electron chi connectivity index (χ0n) is 10.6. The van der Waals surface area contributed by atoms with Gasteiger partial charge in [-0.3, -0.25) is 0 Å². The molecule has 2 aromatic rings. The van der Waals surface area contributed by atoms with Crippen molar-refractivity contribution in [2.45, 2.75) is 6.92 Å². The van der Waals surface area contributed by atoms with Crippen molar-refractivity contribution < 1.29 is 0 Å². The van der Waals surface area contributed by atoms with Crippen LogP contribution in [0.3, 0.4) is 0 Å². The molecule has 0 unspecified atom stereocenters. The molecule has 1 aromatic heterocycles. The maximum atomic E-state index is 5.67. The van der Waals surface area contributed by atoms with Gasteiger partial charge >= 0.3 is 0 Å². The molecule has 0 fully saturated rings. The second kappa shape index (κ2) is 5.26. The minimum atomic E-state index is -0.114. The van der Waals surface area contributed by atoms with E-state index in [9.17, 15) is 0 Å². The van der Waals surface area contributed by atoms with E-state index in [0.717, 1.165) is 11.3 Å². The Hall–Kier alpha value is -2.76. The lowest BCUT2D eigenvalue weighted by molar-refractivity contribution is 1.07. The zero-order valence-corrected chi connectivity index (χ0v) is 10.6. The van der Waals surface area contributed by atoms with Crippen LogP contribution in [-0.4, -0.2) is 16.5 Å². The van der Waals surface area contributed by atoms with Gasteiger partial charge in [-0.2, -0.15) is 4.99 Å². The Morgan fingerprint density at radius 3 is 2.42 bits per heavy atom. The molecule has 1 heterocycles. The van der Waals surface area contributed by atoms with Crippen LogP contribution in [-0.2, 0) is 0 Å². The number of benzene rings is 1. The van der Waals surface area contributed by atoms with Crippen LogP contribution in [0.1, 0.15) is 5.56 Å². The molecule has 6 nitrogen and oxygen atoms in total. The summed E-state index contributed by atoms with van der Waals surface area (Å²) in [5.41, 5.74) is 18.9. The first-order valence-electron chi connectivity index (χ1n) is 5.74. The molecule has 0 saturated heterocycles. The first-order valence-corrected chi connectivity index (χ1v) is 5.74. The van der Waals surface area contributed by atoms with Crippen molar-refractivity contribution >= 4 is 17.6 Å². The van der Waals surface area contributed by atoms with Crippen LogP contribution >= 0.6 is 0 Å². The summed E-state index contributed by atoms with van der Waals surface area (Å²) in [6, 6.07) is 9.77. The first-order chi connectivity index (χ1) is 9.06. The normalized spacial score (nSPS) is 11.3. The van der Waals surface area contributed by atoms with E-state index in [0.29, 0.717) is 5.69 Å². The van der Waals surface area contributed by atoms with Crippen LogP contribution in [0.25, 0.3) is 5.69 Å². The maximum absolute atomic E-state index is 5.67. The molecule has 0 aliphatic heterocycles.